The highest BCUT2D eigenvalue weighted by Crippen LogP contribution is 2.41. The number of hydrogen-bond donors (Lipinski definition) is 1. The van der Waals surface area contributed by atoms with Crippen molar-refractivity contribution in [1.82, 2.24) is 0 Å². The average Bonchev–Trinajstić information content (AvgIpc) is 2.47. The third-order valence-electron chi connectivity index (χ3n) is 2.96. The van der Waals surface area contributed by atoms with E-state index in [2.05, 4.69) is 13.0 Å². The van der Waals surface area contributed by atoms with Gasteiger partial charge in [-0.25, -0.2) is 0 Å². The zero-order chi connectivity index (χ0) is 14.8. The number of nitrogens with two attached hydrogens (primary N) is 1. The zero-order valence-electron chi connectivity index (χ0n) is 12.6. The number of unbranched alkanes of at least 4 members (excludes halogenated alkanes) is 2. The van der Waals surface area contributed by atoms with E-state index in [0.717, 1.165) is 34.1 Å². The Bertz CT molecular complexity index is 400. The molecular formula is C15H25NO2S2. The molecule has 3 nitrogen and oxygen atoms in total. The monoisotopic (exact) mass is 315 g/mol. The van der Waals surface area contributed by atoms with Crippen molar-refractivity contribution in [1.29, 1.82) is 0 Å². The lowest BCUT2D eigenvalue weighted by molar-refractivity contribution is 0.390. The predicted octanol–water partition coefficient (Wildman–Crippen LogP) is 4.14. The van der Waals surface area contributed by atoms with E-state index in [1.54, 1.807) is 25.0 Å². The highest BCUT2D eigenvalue weighted by atomic mass is 33.1. The number of methoxy groups -OCH3 is 2. The van der Waals surface area contributed by atoms with Crippen LogP contribution in [0.1, 0.15) is 31.7 Å². The molecule has 0 amide bonds. The number of ether oxygens (including phenoxy) is 2. The lowest BCUT2D eigenvalue weighted by Crippen LogP contribution is -2.05. The summed E-state index contributed by atoms with van der Waals surface area (Å²) in [5, 5.41) is 0. The van der Waals surface area contributed by atoms with E-state index in [1.165, 1.54) is 19.3 Å². The summed E-state index contributed by atoms with van der Waals surface area (Å²) in [7, 11) is 7.04. The maximum atomic E-state index is 5.63. The van der Waals surface area contributed by atoms with Gasteiger partial charge in [-0.1, -0.05) is 41.4 Å². The Morgan fingerprint density at radius 2 is 1.85 bits per heavy atom. The topological polar surface area (TPSA) is 44.5 Å². The third kappa shape index (κ3) is 5.46. The Labute approximate surface area is 130 Å². The van der Waals surface area contributed by atoms with Crippen molar-refractivity contribution in [2.45, 2.75) is 37.5 Å². The van der Waals surface area contributed by atoms with E-state index in [-0.39, 0.29) is 0 Å². The van der Waals surface area contributed by atoms with Crippen LogP contribution in [0.15, 0.2) is 17.0 Å². The molecule has 0 radical (unpaired) electrons. The fraction of sp³-hybridized carbons (Fsp3) is 0.600. The number of hydrogen-bond acceptors (Lipinski definition) is 5. The second kappa shape index (κ2) is 10.2. The van der Waals surface area contributed by atoms with Crippen molar-refractivity contribution >= 4 is 21.6 Å². The van der Waals surface area contributed by atoms with Gasteiger partial charge in [0, 0.05) is 5.75 Å². The van der Waals surface area contributed by atoms with Gasteiger partial charge in [-0.3, -0.25) is 0 Å². The van der Waals surface area contributed by atoms with E-state index >= 15 is 0 Å². The fourth-order valence-electron chi connectivity index (χ4n) is 1.87. The van der Waals surface area contributed by atoms with Crippen molar-refractivity contribution in [3.05, 3.63) is 17.7 Å². The molecule has 0 aliphatic heterocycles. The zero-order valence-corrected chi connectivity index (χ0v) is 14.2. The summed E-state index contributed by atoms with van der Waals surface area (Å²) in [5.41, 5.74) is 6.74. The molecule has 0 fully saturated rings. The van der Waals surface area contributed by atoms with Gasteiger partial charge in [0.1, 0.15) is 11.5 Å². The van der Waals surface area contributed by atoms with Gasteiger partial charge in [-0.15, -0.1) is 0 Å². The molecule has 0 spiro atoms. The molecule has 20 heavy (non-hydrogen) atoms. The molecule has 0 aliphatic rings. The molecule has 2 N–H and O–H groups in total. The molecule has 0 saturated heterocycles. The predicted molar refractivity (Wildman–Crippen MR) is 90.1 cm³/mol. The molecule has 1 aromatic rings. The standard InChI is InChI=1S/C15H25NO2S2/c1-4-5-6-9-19-20-15-11-13(17-2)12(7-8-16)10-14(15)18-3/h10-11H,4-9,16H2,1-3H3. The summed E-state index contributed by atoms with van der Waals surface area (Å²) in [4.78, 5) is 1.12. The quantitative estimate of drug-likeness (QED) is 0.519. The lowest BCUT2D eigenvalue weighted by atomic mass is 10.1. The van der Waals surface area contributed by atoms with Gasteiger partial charge < -0.3 is 15.2 Å². The van der Waals surface area contributed by atoms with Gasteiger partial charge in [0.05, 0.1) is 19.1 Å². The van der Waals surface area contributed by atoms with E-state index in [9.17, 15) is 0 Å². The van der Waals surface area contributed by atoms with Crippen molar-refractivity contribution < 1.29 is 9.47 Å². The summed E-state index contributed by atoms with van der Waals surface area (Å²) >= 11 is 0. The van der Waals surface area contributed by atoms with Crippen LogP contribution in [-0.4, -0.2) is 26.5 Å². The minimum atomic E-state index is 0.609. The summed E-state index contributed by atoms with van der Waals surface area (Å²) in [6.07, 6.45) is 4.62. The Morgan fingerprint density at radius 3 is 2.45 bits per heavy atom. The molecule has 1 rings (SSSR count). The largest absolute Gasteiger partial charge is 0.496 e. The first-order valence-electron chi connectivity index (χ1n) is 7.01. The molecule has 114 valence electrons. The van der Waals surface area contributed by atoms with Crippen molar-refractivity contribution in [2.24, 2.45) is 5.73 Å². The van der Waals surface area contributed by atoms with Gasteiger partial charge in [0.2, 0.25) is 0 Å². The van der Waals surface area contributed by atoms with Gasteiger partial charge in [0.25, 0.3) is 0 Å². The summed E-state index contributed by atoms with van der Waals surface area (Å²) < 4.78 is 10.9. The minimum absolute atomic E-state index is 0.609. The first-order chi connectivity index (χ1) is 9.76. The Hall–Kier alpha value is -0.520. The van der Waals surface area contributed by atoms with Crippen LogP contribution < -0.4 is 15.2 Å². The molecule has 5 heteroatoms. The Kier molecular flexibility index (Phi) is 8.98. The molecule has 0 aromatic heterocycles. The van der Waals surface area contributed by atoms with E-state index in [0.29, 0.717) is 6.54 Å². The second-order valence-corrected chi connectivity index (χ2v) is 6.92. The van der Waals surface area contributed by atoms with Crippen molar-refractivity contribution in [3.63, 3.8) is 0 Å². The van der Waals surface area contributed by atoms with Gasteiger partial charge >= 0.3 is 0 Å². The van der Waals surface area contributed by atoms with Crippen LogP contribution in [0.25, 0.3) is 0 Å². The van der Waals surface area contributed by atoms with Gasteiger partial charge in [-0.2, -0.15) is 0 Å². The summed E-state index contributed by atoms with van der Waals surface area (Å²) in [6.45, 7) is 2.83. The van der Waals surface area contributed by atoms with Gasteiger partial charge in [0.15, 0.2) is 0 Å². The van der Waals surface area contributed by atoms with Crippen LogP contribution in [0.2, 0.25) is 0 Å². The van der Waals surface area contributed by atoms with Crippen LogP contribution in [0.3, 0.4) is 0 Å². The summed E-state index contributed by atoms with van der Waals surface area (Å²) in [5.74, 6) is 2.96. The van der Waals surface area contributed by atoms with E-state index in [4.69, 9.17) is 15.2 Å². The molecule has 0 aliphatic carbocycles. The molecule has 0 unspecified atom stereocenters. The Morgan fingerprint density at radius 1 is 1.10 bits per heavy atom. The van der Waals surface area contributed by atoms with Crippen LogP contribution in [0.5, 0.6) is 11.5 Å². The molecular weight excluding hydrogens is 290 g/mol. The van der Waals surface area contributed by atoms with Crippen LogP contribution in [0.4, 0.5) is 0 Å². The van der Waals surface area contributed by atoms with Crippen molar-refractivity contribution in [3.8, 4) is 11.5 Å². The maximum Gasteiger partial charge on any atom is 0.133 e. The maximum absolute atomic E-state index is 5.63. The van der Waals surface area contributed by atoms with Crippen LogP contribution in [-0.2, 0) is 6.42 Å². The first kappa shape index (κ1) is 17.5. The highest BCUT2D eigenvalue weighted by Gasteiger charge is 2.11. The molecule has 1 aromatic carbocycles. The molecule has 0 bridgehead atoms. The number of rotatable bonds is 10. The highest BCUT2D eigenvalue weighted by molar-refractivity contribution is 8.76. The third-order valence-corrected chi connectivity index (χ3v) is 5.42. The molecule has 0 saturated carbocycles. The second-order valence-electron chi connectivity index (χ2n) is 4.47. The first-order valence-corrected chi connectivity index (χ1v) is 9.33. The fourth-order valence-corrected chi connectivity index (χ4v) is 4.15. The smallest absolute Gasteiger partial charge is 0.133 e. The van der Waals surface area contributed by atoms with Crippen LogP contribution in [0, 0.1) is 0 Å². The minimum Gasteiger partial charge on any atom is -0.496 e. The van der Waals surface area contributed by atoms with Gasteiger partial charge in [-0.05, 0) is 37.1 Å². The average molecular weight is 316 g/mol. The van der Waals surface area contributed by atoms with E-state index < -0.39 is 0 Å². The van der Waals surface area contributed by atoms with Crippen molar-refractivity contribution in [2.75, 3.05) is 26.5 Å². The molecule has 0 heterocycles. The molecule has 0 atom stereocenters. The number of benzene rings is 1. The lowest BCUT2D eigenvalue weighted by Gasteiger charge is -2.14. The summed E-state index contributed by atoms with van der Waals surface area (Å²) in [6, 6.07) is 4.10. The normalized spacial score (nSPS) is 10.6. The van der Waals surface area contributed by atoms with Crippen LogP contribution >= 0.6 is 21.6 Å². The SMILES string of the molecule is CCCCCSSc1cc(OC)c(CCN)cc1OC. The van der Waals surface area contributed by atoms with E-state index in [1.807, 2.05) is 16.9 Å². The Balaban J connectivity index is 2.73.